The summed E-state index contributed by atoms with van der Waals surface area (Å²) in [5.74, 6) is 0. The second kappa shape index (κ2) is 4.84. The van der Waals surface area contributed by atoms with E-state index in [0.717, 1.165) is 38.8 Å². The van der Waals surface area contributed by atoms with Crippen molar-refractivity contribution in [1.29, 1.82) is 0 Å². The van der Waals surface area contributed by atoms with Crippen molar-refractivity contribution >= 4 is 18.4 Å². The zero-order valence-corrected chi connectivity index (χ0v) is 9.05. The van der Waals surface area contributed by atoms with E-state index in [4.69, 9.17) is 5.73 Å². The summed E-state index contributed by atoms with van der Waals surface area (Å²) < 4.78 is 0. The number of halogens is 1. The standard InChI is InChI=1S/C9H17N3O.ClH/c10-7-1-3-8(4-2-7)12-6-5-11-9(12)13;/h7-8H,1-6,10H2,(H,11,13);1H/t7-,8+;. The highest BCUT2D eigenvalue weighted by molar-refractivity contribution is 5.85. The van der Waals surface area contributed by atoms with Gasteiger partial charge in [0.1, 0.15) is 0 Å². The monoisotopic (exact) mass is 219 g/mol. The van der Waals surface area contributed by atoms with E-state index in [2.05, 4.69) is 5.32 Å². The molecule has 2 rings (SSSR count). The van der Waals surface area contributed by atoms with E-state index in [9.17, 15) is 4.79 Å². The zero-order chi connectivity index (χ0) is 9.26. The molecule has 0 aromatic carbocycles. The van der Waals surface area contributed by atoms with Crippen LogP contribution in [0.4, 0.5) is 4.79 Å². The lowest BCUT2D eigenvalue weighted by Crippen LogP contribution is -2.42. The molecule has 14 heavy (non-hydrogen) atoms. The molecule has 0 bridgehead atoms. The summed E-state index contributed by atoms with van der Waals surface area (Å²) in [5.41, 5.74) is 5.81. The van der Waals surface area contributed by atoms with E-state index in [1.54, 1.807) is 0 Å². The molecule has 82 valence electrons. The van der Waals surface area contributed by atoms with Crippen LogP contribution >= 0.6 is 12.4 Å². The Morgan fingerprint density at radius 2 is 1.93 bits per heavy atom. The van der Waals surface area contributed by atoms with Gasteiger partial charge in [-0.2, -0.15) is 0 Å². The van der Waals surface area contributed by atoms with Crippen LogP contribution in [0, 0.1) is 0 Å². The molecule has 5 heteroatoms. The number of hydrogen-bond donors (Lipinski definition) is 2. The molecule has 1 saturated carbocycles. The van der Waals surface area contributed by atoms with Crippen molar-refractivity contribution in [2.75, 3.05) is 13.1 Å². The normalized spacial score (nSPS) is 32.4. The molecule has 2 amide bonds. The van der Waals surface area contributed by atoms with Gasteiger partial charge >= 0.3 is 6.03 Å². The molecule has 0 atom stereocenters. The Morgan fingerprint density at radius 3 is 2.43 bits per heavy atom. The number of amides is 2. The van der Waals surface area contributed by atoms with Crippen LogP contribution in [0.5, 0.6) is 0 Å². The minimum absolute atomic E-state index is 0. The third-order valence-electron chi connectivity index (χ3n) is 3.07. The van der Waals surface area contributed by atoms with Crippen LogP contribution in [0.15, 0.2) is 0 Å². The number of rotatable bonds is 1. The van der Waals surface area contributed by atoms with E-state index in [0.29, 0.717) is 12.1 Å². The van der Waals surface area contributed by atoms with Crippen LogP contribution in [-0.2, 0) is 0 Å². The Bertz CT molecular complexity index is 204. The SMILES string of the molecule is Cl.N[C@H]1CC[C@@H](N2CCNC2=O)CC1. The van der Waals surface area contributed by atoms with Gasteiger partial charge in [-0.3, -0.25) is 0 Å². The summed E-state index contributed by atoms with van der Waals surface area (Å²) in [5, 5.41) is 2.83. The van der Waals surface area contributed by atoms with Crippen molar-refractivity contribution < 1.29 is 4.79 Å². The third kappa shape index (κ3) is 2.30. The van der Waals surface area contributed by atoms with Gasteiger partial charge in [0, 0.05) is 25.2 Å². The average molecular weight is 220 g/mol. The number of urea groups is 1. The predicted octanol–water partition coefficient (Wildman–Crippen LogP) is 0.703. The average Bonchev–Trinajstić information content (AvgIpc) is 2.53. The molecular formula is C9H18ClN3O. The number of carbonyl (C=O) groups excluding carboxylic acids is 1. The maximum absolute atomic E-state index is 11.3. The van der Waals surface area contributed by atoms with Crippen LogP contribution in [-0.4, -0.2) is 36.1 Å². The lowest BCUT2D eigenvalue weighted by Gasteiger charge is -2.32. The minimum atomic E-state index is 0. The molecule has 1 saturated heterocycles. The second-order valence-corrected chi connectivity index (χ2v) is 3.99. The summed E-state index contributed by atoms with van der Waals surface area (Å²) in [6.45, 7) is 1.68. The smallest absolute Gasteiger partial charge is 0.317 e. The van der Waals surface area contributed by atoms with Gasteiger partial charge in [0.15, 0.2) is 0 Å². The van der Waals surface area contributed by atoms with Gasteiger partial charge in [-0.15, -0.1) is 12.4 Å². The fourth-order valence-electron chi connectivity index (χ4n) is 2.25. The van der Waals surface area contributed by atoms with Crippen LogP contribution < -0.4 is 11.1 Å². The van der Waals surface area contributed by atoms with E-state index in [1.807, 2.05) is 4.90 Å². The van der Waals surface area contributed by atoms with Crippen LogP contribution in [0.25, 0.3) is 0 Å². The highest BCUT2D eigenvalue weighted by Crippen LogP contribution is 2.22. The van der Waals surface area contributed by atoms with Crippen molar-refractivity contribution in [2.45, 2.75) is 37.8 Å². The molecule has 2 aliphatic rings. The molecule has 1 heterocycles. The van der Waals surface area contributed by atoms with Crippen LogP contribution in [0.1, 0.15) is 25.7 Å². The van der Waals surface area contributed by atoms with Crippen molar-refractivity contribution in [2.24, 2.45) is 5.73 Å². The van der Waals surface area contributed by atoms with Gasteiger partial charge in [0.2, 0.25) is 0 Å². The lowest BCUT2D eigenvalue weighted by atomic mass is 9.91. The summed E-state index contributed by atoms with van der Waals surface area (Å²) in [6.07, 6.45) is 4.28. The van der Waals surface area contributed by atoms with E-state index >= 15 is 0 Å². The molecule has 0 aromatic rings. The van der Waals surface area contributed by atoms with Gasteiger partial charge in [-0.1, -0.05) is 0 Å². The summed E-state index contributed by atoms with van der Waals surface area (Å²) in [4.78, 5) is 13.3. The number of hydrogen-bond acceptors (Lipinski definition) is 2. The molecule has 2 fully saturated rings. The number of nitrogens with two attached hydrogens (primary N) is 1. The highest BCUT2D eigenvalue weighted by Gasteiger charge is 2.30. The third-order valence-corrected chi connectivity index (χ3v) is 3.07. The first-order chi connectivity index (χ1) is 6.27. The Morgan fingerprint density at radius 1 is 1.29 bits per heavy atom. The predicted molar refractivity (Wildman–Crippen MR) is 57.6 cm³/mol. The molecule has 1 aliphatic carbocycles. The molecule has 0 aromatic heterocycles. The molecule has 0 radical (unpaired) electrons. The fraction of sp³-hybridized carbons (Fsp3) is 0.889. The van der Waals surface area contributed by atoms with Crippen molar-refractivity contribution in [3.05, 3.63) is 0 Å². The summed E-state index contributed by atoms with van der Waals surface area (Å²) in [6, 6.07) is 0.921. The molecule has 3 N–H and O–H groups in total. The molecule has 0 unspecified atom stereocenters. The first kappa shape index (κ1) is 11.6. The Kier molecular flexibility index (Phi) is 4.01. The van der Waals surface area contributed by atoms with Gasteiger partial charge in [-0.05, 0) is 25.7 Å². The van der Waals surface area contributed by atoms with E-state index in [-0.39, 0.29) is 18.4 Å². The van der Waals surface area contributed by atoms with Crippen LogP contribution in [0.2, 0.25) is 0 Å². The maximum Gasteiger partial charge on any atom is 0.317 e. The zero-order valence-electron chi connectivity index (χ0n) is 8.24. The summed E-state index contributed by atoms with van der Waals surface area (Å²) >= 11 is 0. The molecule has 0 spiro atoms. The molecular weight excluding hydrogens is 202 g/mol. The molecule has 4 nitrogen and oxygen atoms in total. The van der Waals surface area contributed by atoms with E-state index in [1.165, 1.54) is 0 Å². The summed E-state index contributed by atoms with van der Waals surface area (Å²) in [7, 11) is 0. The lowest BCUT2D eigenvalue weighted by molar-refractivity contribution is 0.175. The van der Waals surface area contributed by atoms with Gasteiger partial charge in [0.05, 0.1) is 0 Å². The fourth-order valence-corrected chi connectivity index (χ4v) is 2.25. The highest BCUT2D eigenvalue weighted by atomic mass is 35.5. The quantitative estimate of drug-likeness (QED) is 0.682. The first-order valence-corrected chi connectivity index (χ1v) is 5.07. The minimum Gasteiger partial charge on any atom is -0.336 e. The Labute approximate surface area is 90.6 Å². The number of nitrogens with zero attached hydrogens (tertiary/aromatic N) is 1. The van der Waals surface area contributed by atoms with Gasteiger partial charge in [0.25, 0.3) is 0 Å². The van der Waals surface area contributed by atoms with Gasteiger partial charge in [-0.25, -0.2) is 4.79 Å². The second-order valence-electron chi connectivity index (χ2n) is 3.99. The van der Waals surface area contributed by atoms with Crippen molar-refractivity contribution in [3.8, 4) is 0 Å². The Hall–Kier alpha value is -0.480. The van der Waals surface area contributed by atoms with Crippen LogP contribution in [0.3, 0.4) is 0 Å². The Balaban J connectivity index is 0.000000980. The van der Waals surface area contributed by atoms with Crippen molar-refractivity contribution in [1.82, 2.24) is 10.2 Å². The largest absolute Gasteiger partial charge is 0.336 e. The number of carbonyl (C=O) groups is 1. The van der Waals surface area contributed by atoms with E-state index < -0.39 is 0 Å². The number of nitrogens with one attached hydrogen (secondary N) is 1. The first-order valence-electron chi connectivity index (χ1n) is 5.07. The maximum atomic E-state index is 11.3. The topological polar surface area (TPSA) is 58.4 Å². The van der Waals surface area contributed by atoms with Crippen molar-refractivity contribution in [3.63, 3.8) is 0 Å². The molecule has 1 aliphatic heterocycles. The van der Waals surface area contributed by atoms with Gasteiger partial charge < -0.3 is 16.0 Å².